The molecule has 166 valence electrons. The van der Waals surface area contributed by atoms with Crippen LogP contribution in [0.2, 0.25) is 0 Å². The average Bonchev–Trinajstić information content (AvgIpc) is 2.71. The largest absolute Gasteiger partial charge is 0.328 e. The van der Waals surface area contributed by atoms with Crippen LogP contribution in [0.25, 0.3) is 0 Å². The molecule has 0 aliphatic carbocycles. The van der Waals surface area contributed by atoms with E-state index in [-0.39, 0.29) is 18.4 Å². The van der Waals surface area contributed by atoms with Crippen molar-refractivity contribution >= 4 is 17.5 Å². The van der Waals surface area contributed by atoms with Crippen LogP contribution in [0.1, 0.15) is 22.3 Å². The first-order valence-corrected chi connectivity index (χ1v) is 11.2. The van der Waals surface area contributed by atoms with Crippen LogP contribution >= 0.6 is 0 Å². The quantitative estimate of drug-likeness (QED) is 0.586. The lowest BCUT2D eigenvalue weighted by Gasteiger charge is -2.32. The van der Waals surface area contributed by atoms with Crippen molar-refractivity contribution in [1.29, 1.82) is 0 Å². The van der Waals surface area contributed by atoms with E-state index in [4.69, 9.17) is 0 Å². The summed E-state index contributed by atoms with van der Waals surface area (Å²) in [5.74, 6) is 0.0714. The number of hydrogen-bond acceptors (Lipinski definition) is 2. The fourth-order valence-electron chi connectivity index (χ4n) is 4.26. The number of nitrogens with one attached hydrogen (secondary N) is 3. The topological polar surface area (TPSA) is 58.3 Å². The molecule has 0 radical (unpaired) electrons. The number of aryl methyl sites for hydroxylation is 3. The molecule has 2 amide bonds. The molecule has 0 bridgehead atoms. The number of piperazine rings is 1. The molecule has 31 heavy (non-hydrogen) atoms. The number of anilines is 1. The Morgan fingerprint density at radius 1 is 1.00 bits per heavy atom. The van der Waals surface area contributed by atoms with E-state index >= 15 is 0 Å². The van der Waals surface area contributed by atoms with E-state index in [1.54, 1.807) is 0 Å². The Bertz CT molecular complexity index is 899. The number of benzene rings is 2. The summed E-state index contributed by atoms with van der Waals surface area (Å²) in [5.41, 5.74) is 5.62. The smallest absolute Gasteiger partial charge is 0.279 e. The number of rotatable bonds is 7. The first kappa shape index (κ1) is 23.0. The lowest BCUT2D eigenvalue weighted by Crippen LogP contribution is -3.14. The predicted molar refractivity (Wildman–Crippen MR) is 123 cm³/mol. The summed E-state index contributed by atoms with van der Waals surface area (Å²) in [6, 6.07) is 14.6. The first-order chi connectivity index (χ1) is 14.8. The number of likely N-dealkylation sites (N-methyl/N-ethyl adjacent to an activating group) is 1. The average molecular weight is 425 g/mol. The standard InChI is InChI=1S/C25H34N4O2/c1-19-7-5-10-22(15-19)16-28-11-13-29(14-12-28)24(31)18-27(4)17-23(30)26-25-20(2)8-6-9-21(25)3/h5-10,15H,11-14,16-18H2,1-4H3,(H,26,30)/p+2. The lowest BCUT2D eigenvalue weighted by atomic mass is 10.1. The van der Waals surface area contributed by atoms with Gasteiger partial charge >= 0.3 is 0 Å². The Balaban J connectivity index is 1.42. The molecule has 0 aromatic heterocycles. The molecule has 3 N–H and O–H groups in total. The Hall–Kier alpha value is -2.70. The molecule has 1 atom stereocenters. The van der Waals surface area contributed by atoms with Gasteiger partial charge in [0.2, 0.25) is 0 Å². The SMILES string of the molecule is Cc1cccc(C[NH+]2CCN(C(=O)C[NH+](C)CC(=O)Nc3c(C)cccc3C)CC2)c1. The van der Waals surface area contributed by atoms with Crippen molar-refractivity contribution in [3.8, 4) is 0 Å². The number of carbonyl (C=O) groups is 2. The van der Waals surface area contributed by atoms with Crippen molar-refractivity contribution < 1.29 is 19.4 Å². The van der Waals surface area contributed by atoms with Gasteiger partial charge in [-0.25, -0.2) is 0 Å². The minimum absolute atomic E-state index is 0.0601. The number of nitrogens with zero attached hydrogens (tertiary/aromatic N) is 1. The van der Waals surface area contributed by atoms with Crippen molar-refractivity contribution in [3.05, 3.63) is 64.7 Å². The first-order valence-electron chi connectivity index (χ1n) is 11.2. The zero-order valence-corrected chi connectivity index (χ0v) is 19.3. The minimum atomic E-state index is -0.0601. The van der Waals surface area contributed by atoms with E-state index in [2.05, 4.69) is 36.5 Å². The zero-order chi connectivity index (χ0) is 22.4. The third-order valence-corrected chi connectivity index (χ3v) is 6.02. The second kappa shape index (κ2) is 10.6. The van der Waals surface area contributed by atoms with E-state index in [0.717, 1.165) is 54.4 Å². The van der Waals surface area contributed by atoms with Crippen molar-refractivity contribution in [1.82, 2.24) is 4.90 Å². The van der Waals surface area contributed by atoms with Crippen molar-refractivity contribution in [2.45, 2.75) is 27.3 Å². The van der Waals surface area contributed by atoms with Crippen LogP contribution in [0.5, 0.6) is 0 Å². The zero-order valence-electron chi connectivity index (χ0n) is 19.3. The third kappa shape index (κ3) is 6.64. The molecule has 6 nitrogen and oxygen atoms in total. The summed E-state index contributed by atoms with van der Waals surface area (Å²) in [7, 11) is 1.90. The van der Waals surface area contributed by atoms with E-state index in [0.29, 0.717) is 6.54 Å². The summed E-state index contributed by atoms with van der Waals surface area (Å²) in [6.45, 7) is 11.2. The van der Waals surface area contributed by atoms with Gasteiger partial charge in [0.1, 0.15) is 6.54 Å². The fourth-order valence-corrected chi connectivity index (χ4v) is 4.26. The van der Waals surface area contributed by atoms with Crippen molar-refractivity contribution in [2.75, 3.05) is 51.6 Å². The summed E-state index contributed by atoms with van der Waals surface area (Å²) < 4.78 is 0. The Morgan fingerprint density at radius 3 is 2.29 bits per heavy atom. The van der Waals surface area contributed by atoms with E-state index in [9.17, 15) is 9.59 Å². The highest BCUT2D eigenvalue weighted by Gasteiger charge is 2.26. The minimum Gasteiger partial charge on any atom is -0.328 e. The summed E-state index contributed by atoms with van der Waals surface area (Å²) in [6.07, 6.45) is 0. The molecule has 0 saturated carbocycles. The second-order valence-electron chi connectivity index (χ2n) is 8.92. The fraction of sp³-hybridized carbons (Fsp3) is 0.440. The number of carbonyl (C=O) groups excluding carboxylic acids is 2. The molecule has 2 aromatic rings. The number of quaternary nitrogens is 2. The summed E-state index contributed by atoms with van der Waals surface area (Å²) >= 11 is 0. The lowest BCUT2D eigenvalue weighted by molar-refractivity contribution is -0.917. The van der Waals surface area contributed by atoms with Gasteiger partial charge in [-0.15, -0.1) is 0 Å². The van der Waals surface area contributed by atoms with Gasteiger partial charge in [-0.2, -0.15) is 0 Å². The van der Waals surface area contributed by atoms with E-state index in [1.165, 1.54) is 16.0 Å². The van der Waals surface area contributed by atoms with Crippen molar-refractivity contribution in [2.24, 2.45) is 0 Å². The Kier molecular flexibility index (Phi) is 7.82. The molecule has 2 aromatic carbocycles. The Morgan fingerprint density at radius 2 is 1.65 bits per heavy atom. The van der Waals surface area contributed by atoms with Crippen LogP contribution in [0, 0.1) is 20.8 Å². The van der Waals surface area contributed by atoms with Gasteiger partial charge in [0.15, 0.2) is 13.1 Å². The normalized spacial score (nSPS) is 15.5. The predicted octanol–water partition coefficient (Wildman–Crippen LogP) is -0.00764. The number of para-hydroxylation sites is 1. The molecular weight excluding hydrogens is 388 g/mol. The van der Waals surface area contributed by atoms with Gasteiger partial charge in [-0.1, -0.05) is 48.0 Å². The molecule has 1 aliphatic heterocycles. The second-order valence-corrected chi connectivity index (χ2v) is 8.92. The highest BCUT2D eigenvalue weighted by Crippen LogP contribution is 2.18. The number of amides is 2. The van der Waals surface area contributed by atoms with E-state index in [1.807, 2.05) is 44.0 Å². The molecule has 1 aliphatic rings. The summed E-state index contributed by atoms with van der Waals surface area (Å²) in [4.78, 5) is 29.6. The van der Waals surface area contributed by atoms with Crippen LogP contribution < -0.4 is 15.1 Å². The molecular formula is C25H36N4O2+2. The molecule has 1 heterocycles. The van der Waals surface area contributed by atoms with E-state index < -0.39 is 0 Å². The van der Waals surface area contributed by atoms with Gasteiger partial charge in [-0.3, -0.25) is 9.59 Å². The maximum atomic E-state index is 12.7. The summed E-state index contributed by atoms with van der Waals surface area (Å²) in [5, 5.41) is 3.01. The van der Waals surface area contributed by atoms with Crippen LogP contribution in [0.3, 0.4) is 0 Å². The molecule has 6 heteroatoms. The van der Waals surface area contributed by atoms with Gasteiger partial charge in [-0.05, 0) is 31.9 Å². The van der Waals surface area contributed by atoms with Gasteiger partial charge in [0, 0.05) is 11.3 Å². The highest BCUT2D eigenvalue weighted by atomic mass is 16.2. The monoisotopic (exact) mass is 424 g/mol. The molecule has 3 rings (SSSR count). The van der Waals surface area contributed by atoms with Gasteiger partial charge in [0.05, 0.1) is 33.2 Å². The van der Waals surface area contributed by atoms with Crippen LogP contribution in [-0.2, 0) is 16.1 Å². The van der Waals surface area contributed by atoms with Crippen molar-refractivity contribution in [3.63, 3.8) is 0 Å². The Labute approximate surface area is 185 Å². The molecule has 1 fully saturated rings. The van der Waals surface area contributed by atoms with Crippen LogP contribution in [0.4, 0.5) is 5.69 Å². The van der Waals surface area contributed by atoms with Gasteiger partial charge in [0.25, 0.3) is 11.8 Å². The maximum absolute atomic E-state index is 12.7. The highest BCUT2D eigenvalue weighted by molar-refractivity contribution is 5.93. The third-order valence-electron chi connectivity index (χ3n) is 6.02. The maximum Gasteiger partial charge on any atom is 0.279 e. The van der Waals surface area contributed by atoms with Crippen LogP contribution in [0.15, 0.2) is 42.5 Å². The molecule has 1 saturated heterocycles. The van der Waals surface area contributed by atoms with Crippen LogP contribution in [-0.4, -0.2) is 63.0 Å². The number of hydrogen-bond donors (Lipinski definition) is 3. The molecule has 1 unspecified atom stereocenters. The molecule has 0 spiro atoms. The van der Waals surface area contributed by atoms with Gasteiger partial charge < -0.3 is 20.0 Å².